The lowest BCUT2D eigenvalue weighted by molar-refractivity contribution is 0.0990. The van der Waals surface area contributed by atoms with Gasteiger partial charge in [0.15, 0.2) is 5.78 Å². The van der Waals surface area contributed by atoms with Gasteiger partial charge in [-0.05, 0) is 47.7 Å². The first-order chi connectivity index (χ1) is 13.0. The molecule has 0 spiro atoms. The van der Waals surface area contributed by atoms with Crippen molar-refractivity contribution in [2.24, 2.45) is 0 Å². The zero-order valence-electron chi connectivity index (χ0n) is 15.7. The van der Waals surface area contributed by atoms with E-state index in [1.54, 1.807) is 22.9 Å². The smallest absolute Gasteiger partial charge is 0.261 e. The van der Waals surface area contributed by atoms with E-state index in [9.17, 15) is 9.59 Å². The van der Waals surface area contributed by atoms with Gasteiger partial charge in [-0.15, -0.1) is 0 Å². The number of carbonyl (C=O) groups is 1. The van der Waals surface area contributed by atoms with E-state index in [1.165, 1.54) is 0 Å². The number of aromatic nitrogens is 1. The SMILES string of the molecule is C=Cc1cc(C(=O)Cc2cccc(-c3ccccc3)c2C)c(=O)n(CC)c1. The molecule has 0 saturated heterocycles. The van der Waals surface area contributed by atoms with Crippen molar-refractivity contribution in [2.45, 2.75) is 26.8 Å². The summed E-state index contributed by atoms with van der Waals surface area (Å²) in [5.74, 6) is -0.167. The van der Waals surface area contributed by atoms with Gasteiger partial charge < -0.3 is 4.57 Å². The summed E-state index contributed by atoms with van der Waals surface area (Å²) in [6.07, 6.45) is 3.59. The Bertz CT molecular complexity index is 1050. The highest BCUT2D eigenvalue weighted by Gasteiger charge is 2.16. The van der Waals surface area contributed by atoms with Crippen molar-refractivity contribution >= 4 is 11.9 Å². The van der Waals surface area contributed by atoms with Crippen molar-refractivity contribution < 1.29 is 4.79 Å². The molecule has 27 heavy (non-hydrogen) atoms. The van der Waals surface area contributed by atoms with Gasteiger partial charge in [0, 0.05) is 19.2 Å². The minimum Gasteiger partial charge on any atom is -0.315 e. The highest BCUT2D eigenvalue weighted by molar-refractivity contribution is 5.98. The molecule has 1 aromatic heterocycles. The second kappa shape index (κ2) is 8.00. The number of hydrogen-bond donors (Lipinski definition) is 0. The summed E-state index contributed by atoms with van der Waals surface area (Å²) < 4.78 is 1.55. The average Bonchev–Trinajstić information content (AvgIpc) is 2.70. The highest BCUT2D eigenvalue weighted by Crippen LogP contribution is 2.26. The molecule has 0 aliphatic heterocycles. The lowest BCUT2D eigenvalue weighted by Gasteiger charge is -2.12. The minimum atomic E-state index is -0.245. The molecule has 0 amide bonds. The second-order valence-corrected chi connectivity index (χ2v) is 6.54. The van der Waals surface area contributed by atoms with Crippen LogP contribution in [0.15, 0.2) is 72.2 Å². The summed E-state index contributed by atoms with van der Waals surface area (Å²) in [4.78, 5) is 25.5. The van der Waals surface area contributed by atoms with Crippen molar-refractivity contribution in [1.29, 1.82) is 0 Å². The van der Waals surface area contributed by atoms with E-state index in [4.69, 9.17) is 0 Å². The van der Waals surface area contributed by atoms with Crippen LogP contribution in [0.3, 0.4) is 0 Å². The monoisotopic (exact) mass is 357 g/mol. The summed E-state index contributed by atoms with van der Waals surface area (Å²) in [6, 6.07) is 17.7. The third kappa shape index (κ3) is 3.82. The van der Waals surface area contributed by atoms with Crippen LogP contribution in [0, 0.1) is 6.92 Å². The lowest BCUT2D eigenvalue weighted by Crippen LogP contribution is -2.26. The standard InChI is InChI=1S/C24H23NO2/c1-4-18-14-22(24(27)25(5-2)16-18)23(26)15-20-12-9-13-21(17(20)3)19-10-7-6-8-11-19/h4,6-14,16H,1,5,15H2,2-3H3. The molecule has 0 unspecified atom stereocenters. The van der Waals surface area contributed by atoms with Crippen molar-refractivity contribution in [2.75, 3.05) is 0 Å². The first-order valence-corrected chi connectivity index (χ1v) is 9.09. The van der Waals surface area contributed by atoms with E-state index in [0.717, 1.165) is 27.8 Å². The summed E-state index contributed by atoms with van der Waals surface area (Å²) in [6.45, 7) is 8.18. The Morgan fingerprint density at radius 3 is 2.52 bits per heavy atom. The topological polar surface area (TPSA) is 39.1 Å². The molecule has 136 valence electrons. The van der Waals surface area contributed by atoms with E-state index in [0.29, 0.717) is 6.54 Å². The molecule has 3 aromatic rings. The second-order valence-electron chi connectivity index (χ2n) is 6.54. The molecule has 1 heterocycles. The minimum absolute atomic E-state index is 0.167. The Balaban J connectivity index is 1.98. The lowest BCUT2D eigenvalue weighted by atomic mass is 9.93. The summed E-state index contributed by atoms with van der Waals surface area (Å²) in [5, 5.41) is 0. The van der Waals surface area contributed by atoms with Gasteiger partial charge >= 0.3 is 0 Å². The fraction of sp³-hybridized carbons (Fsp3) is 0.167. The molecule has 0 aliphatic carbocycles. The van der Waals surface area contributed by atoms with Gasteiger partial charge in [-0.3, -0.25) is 9.59 Å². The number of nitrogens with zero attached hydrogens (tertiary/aromatic N) is 1. The molecule has 0 radical (unpaired) electrons. The molecule has 0 bridgehead atoms. The van der Waals surface area contributed by atoms with Crippen LogP contribution in [-0.2, 0) is 13.0 Å². The average molecular weight is 357 g/mol. The highest BCUT2D eigenvalue weighted by atomic mass is 16.1. The van der Waals surface area contributed by atoms with Gasteiger partial charge in [0.25, 0.3) is 5.56 Å². The van der Waals surface area contributed by atoms with Gasteiger partial charge in [-0.1, -0.05) is 61.2 Å². The maximum atomic E-state index is 12.9. The van der Waals surface area contributed by atoms with Crippen LogP contribution in [-0.4, -0.2) is 10.4 Å². The first kappa shape index (κ1) is 18.6. The summed E-state index contributed by atoms with van der Waals surface area (Å²) >= 11 is 0. The molecule has 2 aromatic carbocycles. The zero-order chi connectivity index (χ0) is 19.4. The molecule has 3 heteroatoms. The van der Waals surface area contributed by atoms with E-state index < -0.39 is 0 Å². The van der Waals surface area contributed by atoms with Crippen molar-refractivity contribution in [3.05, 3.63) is 100.0 Å². The zero-order valence-corrected chi connectivity index (χ0v) is 15.7. The molecular formula is C24H23NO2. The van der Waals surface area contributed by atoms with Gasteiger partial charge in [0.1, 0.15) is 0 Å². The van der Waals surface area contributed by atoms with Gasteiger partial charge in [0.05, 0.1) is 5.56 Å². The number of rotatable bonds is 6. The fourth-order valence-corrected chi connectivity index (χ4v) is 3.28. The number of benzene rings is 2. The van der Waals surface area contributed by atoms with E-state index >= 15 is 0 Å². The van der Waals surface area contributed by atoms with Crippen LogP contribution < -0.4 is 5.56 Å². The van der Waals surface area contributed by atoms with Crippen molar-refractivity contribution in [1.82, 2.24) is 4.57 Å². The number of aryl methyl sites for hydroxylation is 1. The number of hydrogen-bond acceptors (Lipinski definition) is 2. The molecular weight excluding hydrogens is 334 g/mol. The Hall–Kier alpha value is -3.20. The molecule has 0 saturated carbocycles. The maximum absolute atomic E-state index is 12.9. The van der Waals surface area contributed by atoms with Crippen LogP contribution in [0.2, 0.25) is 0 Å². The summed E-state index contributed by atoms with van der Waals surface area (Å²) in [5.41, 5.74) is 4.97. The number of Topliss-reactive ketones (excluding diaryl/α,β-unsaturated/α-hetero) is 1. The largest absolute Gasteiger partial charge is 0.315 e. The van der Waals surface area contributed by atoms with Crippen molar-refractivity contribution in [3.8, 4) is 11.1 Å². The van der Waals surface area contributed by atoms with Gasteiger partial charge in [0.2, 0.25) is 0 Å². The van der Waals surface area contributed by atoms with Crippen LogP contribution >= 0.6 is 0 Å². The normalized spacial score (nSPS) is 10.6. The maximum Gasteiger partial charge on any atom is 0.261 e. The fourth-order valence-electron chi connectivity index (χ4n) is 3.28. The van der Waals surface area contributed by atoms with Crippen LogP contribution in [0.4, 0.5) is 0 Å². The van der Waals surface area contributed by atoms with Crippen LogP contribution in [0.5, 0.6) is 0 Å². The van der Waals surface area contributed by atoms with Crippen LogP contribution in [0.1, 0.15) is 34.0 Å². The predicted molar refractivity (Wildman–Crippen MR) is 111 cm³/mol. The molecule has 3 nitrogen and oxygen atoms in total. The molecule has 0 atom stereocenters. The van der Waals surface area contributed by atoms with Gasteiger partial charge in [-0.2, -0.15) is 0 Å². The van der Waals surface area contributed by atoms with Gasteiger partial charge in [-0.25, -0.2) is 0 Å². The van der Waals surface area contributed by atoms with E-state index in [-0.39, 0.29) is 23.3 Å². The Labute approximate surface area is 159 Å². The number of ketones is 1. The molecule has 0 aliphatic rings. The van der Waals surface area contributed by atoms with E-state index in [1.807, 2.05) is 44.2 Å². The number of pyridine rings is 1. The molecule has 0 fully saturated rings. The first-order valence-electron chi connectivity index (χ1n) is 9.09. The Kier molecular flexibility index (Phi) is 5.51. The summed E-state index contributed by atoms with van der Waals surface area (Å²) in [7, 11) is 0. The Morgan fingerprint density at radius 1 is 1.11 bits per heavy atom. The number of carbonyl (C=O) groups excluding carboxylic acids is 1. The molecule has 0 N–H and O–H groups in total. The van der Waals surface area contributed by atoms with E-state index in [2.05, 4.69) is 24.8 Å². The molecule has 3 rings (SSSR count). The third-order valence-corrected chi connectivity index (χ3v) is 4.87. The van der Waals surface area contributed by atoms with Crippen LogP contribution in [0.25, 0.3) is 17.2 Å². The third-order valence-electron chi connectivity index (χ3n) is 4.87. The predicted octanol–water partition coefficient (Wildman–Crippen LogP) is 4.91. The Morgan fingerprint density at radius 2 is 1.85 bits per heavy atom. The quantitative estimate of drug-likeness (QED) is 0.588. The van der Waals surface area contributed by atoms with Crippen molar-refractivity contribution in [3.63, 3.8) is 0 Å².